The minimum Gasteiger partial charge on any atom is -0.397 e. The Hall–Kier alpha value is -2.11. The smallest absolute Gasteiger partial charge is 0.205 e. The molecule has 0 atom stereocenters. The minimum absolute atomic E-state index is 0.206. The maximum absolute atomic E-state index is 12.9. The molecular formula is C20H11Cl3N2OS. The second kappa shape index (κ2) is 7.13. The summed E-state index contributed by atoms with van der Waals surface area (Å²) in [6.07, 6.45) is 0. The quantitative estimate of drug-likeness (QED) is 0.364. The second-order valence-corrected chi connectivity index (χ2v) is 8.11. The number of halogens is 3. The first-order valence-corrected chi connectivity index (χ1v) is 9.84. The van der Waals surface area contributed by atoms with Crippen molar-refractivity contribution in [1.29, 1.82) is 0 Å². The van der Waals surface area contributed by atoms with Crippen LogP contribution in [0.25, 0.3) is 21.5 Å². The highest BCUT2D eigenvalue weighted by Crippen LogP contribution is 2.36. The van der Waals surface area contributed by atoms with Gasteiger partial charge in [-0.25, -0.2) is 4.98 Å². The molecule has 134 valence electrons. The molecule has 0 bridgehead atoms. The molecule has 0 spiro atoms. The summed E-state index contributed by atoms with van der Waals surface area (Å²) < 4.78 is 0. The van der Waals surface area contributed by atoms with E-state index < -0.39 is 0 Å². The topological polar surface area (TPSA) is 56.0 Å². The number of hydrogen-bond donors (Lipinski definition) is 1. The second-order valence-electron chi connectivity index (χ2n) is 5.86. The predicted molar refractivity (Wildman–Crippen MR) is 114 cm³/mol. The molecule has 0 aliphatic heterocycles. The van der Waals surface area contributed by atoms with Crippen LogP contribution in [0, 0.1) is 0 Å². The van der Waals surface area contributed by atoms with Crippen molar-refractivity contribution >= 4 is 67.8 Å². The van der Waals surface area contributed by atoms with Gasteiger partial charge >= 0.3 is 0 Å². The number of anilines is 1. The van der Waals surface area contributed by atoms with Gasteiger partial charge in [-0.1, -0.05) is 46.9 Å². The summed E-state index contributed by atoms with van der Waals surface area (Å²) >= 11 is 19.2. The van der Waals surface area contributed by atoms with Gasteiger partial charge in [0.15, 0.2) is 0 Å². The van der Waals surface area contributed by atoms with E-state index in [4.69, 9.17) is 40.5 Å². The summed E-state index contributed by atoms with van der Waals surface area (Å²) in [6.45, 7) is 0. The zero-order valence-electron chi connectivity index (χ0n) is 13.7. The Kier molecular flexibility index (Phi) is 4.82. The van der Waals surface area contributed by atoms with Gasteiger partial charge in [-0.2, -0.15) is 0 Å². The Balaban J connectivity index is 1.78. The van der Waals surface area contributed by atoms with E-state index in [-0.39, 0.29) is 5.78 Å². The summed E-state index contributed by atoms with van der Waals surface area (Å²) in [6, 6.07) is 15.9. The van der Waals surface area contributed by atoms with Gasteiger partial charge in [0.25, 0.3) is 0 Å². The van der Waals surface area contributed by atoms with Crippen molar-refractivity contribution in [3.63, 3.8) is 0 Å². The first-order chi connectivity index (χ1) is 12.9. The molecule has 0 radical (unpaired) electrons. The van der Waals surface area contributed by atoms with Crippen LogP contribution in [-0.2, 0) is 0 Å². The van der Waals surface area contributed by atoms with E-state index >= 15 is 0 Å². The Bertz CT molecular complexity index is 1190. The molecule has 2 aromatic heterocycles. The molecule has 7 heteroatoms. The third-order valence-electron chi connectivity index (χ3n) is 4.12. The van der Waals surface area contributed by atoms with Gasteiger partial charge in [0.1, 0.15) is 9.71 Å². The number of hydrogen-bond acceptors (Lipinski definition) is 4. The first kappa shape index (κ1) is 18.3. The van der Waals surface area contributed by atoms with Crippen molar-refractivity contribution in [3.8, 4) is 11.3 Å². The van der Waals surface area contributed by atoms with Gasteiger partial charge in [0, 0.05) is 21.5 Å². The van der Waals surface area contributed by atoms with Crippen molar-refractivity contribution < 1.29 is 4.79 Å². The number of benzene rings is 2. The zero-order valence-corrected chi connectivity index (χ0v) is 16.8. The molecule has 2 N–H and O–H groups in total. The molecule has 2 aromatic carbocycles. The standard InChI is InChI=1S/C20H11Cl3N2OS/c21-12-4-1-10(2-5-12)16-8-6-13-17(24)19(27-20(13)25-16)18(26)11-3-7-14(22)15(23)9-11/h1-9H,24H2. The molecule has 2 heterocycles. The molecule has 4 aromatic rings. The average Bonchev–Trinajstić information content (AvgIpc) is 3.00. The highest BCUT2D eigenvalue weighted by atomic mass is 35.5. The highest BCUT2D eigenvalue weighted by molar-refractivity contribution is 7.21. The number of carbonyl (C=O) groups is 1. The van der Waals surface area contributed by atoms with E-state index in [0.29, 0.717) is 36.0 Å². The number of carbonyl (C=O) groups excluding carboxylic acids is 1. The van der Waals surface area contributed by atoms with Crippen molar-refractivity contribution in [2.75, 3.05) is 5.73 Å². The number of nitrogen functional groups attached to an aromatic ring is 1. The van der Waals surface area contributed by atoms with E-state index in [2.05, 4.69) is 4.98 Å². The number of fused-ring (bicyclic) bond motifs is 1. The maximum atomic E-state index is 12.9. The van der Waals surface area contributed by atoms with Gasteiger partial charge in [0.2, 0.25) is 5.78 Å². The molecule has 0 saturated heterocycles. The van der Waals surface area contributed by atoms with Crippen LogP contribution in [0.5, 0.6) is 0 Å². The maximum Gasteiger partial charge on any atom is 0.205 e. The van der Waals surface area contributed by atoms with Gasteiger partial charge < -0.3 is 5.73 Å². The number of aromatic nitrogens is 1. The highest BCUT2D eigenvalue weighted by Gasteiger charge is 2.20. The lowest BCUT2D eigenvalue weighted by atomic mass is 10.1. The molecule has 27 heavy (non-hydrogen) atoms. The lowest BCUT2D eigenvalue weighted by Crippen LogP contribution is -2.02. The van der Waals surface area contributed by atoms with Crippen LogP contribution in [0.4, 0.5) is 5.69 Å². The van der Waals surface area contributed by atoms with Crippen LogP contribution < -0.4 is 5.73 Å². The molecule has 0 aliphatic carbocycles. The molecule has 0 unspecified atom stereocenters. The summed E-state index contributed by atoms with van der Waals surface area (Å²) in [5, 5.41) is 2.13. The average molecular weight is 434 g/mol. The fourth-order valence-corrected chi connectivity index (χ4v) is 4.20. The molecule has 3 nitrogen and oxygen atoms in total. The number of rotatable bonds is 3. The van der Waals surface area contributed by atoms with Crippen LogP contribution >= 0.6 is 46.1 Å². The zero-order chi connectivity index (χ0) is 19.1. The van der Waals surface area contributed by atoms with Gasteiger partial charge in [-0.3, -0.25) is 4.79 Å². The minimum atomic E-state index is -0.206. The van der Waals surface area contributed by atoms with Crippen LogP contribution in [-0.4, -0.2) is 10.8 Å². The largest absolute Gasteiger partial charge is 0.397 e. The molecule has 4 rings (SSSR count). The number of nitrogens with zero attached hydrogens (tertiary/aromatic N) is 1. The number of nitrogens with two attached hydrogens (primary N) is 1. The molecule has 0 aliphatic rings. The Labute approximate surface area is 174 Å². The van der Waals surface area contributed by atoms with E-state index in [1.807, 2.05) is 36.4 Å². The Morgan fingerprint density at radius 1 is 0.926 bits per heavy atom. The van der Waals surface area contributed by atoms with Crippen LogP contribution in [0.15, 0.2) is 54.6 Å². The molecular weight excluding hydrogens is 423 g/mol. The third-order valence-corrected chi connectivity index (χ3v) is 6.23. The Morgan fingerprint density at radius 2 is 1.67 bits per heavy atom. The van der Waals surface area contributed by atoms with Crippen LogP contribution in [0.1, 0.15) is 15.2 Å². The molecule has 0 amide bonds. The summed E-state index contributed by atoms with van der Waals surface area (Å²) in [7, 11) is 0. The van der Waals surface area contributed by atoms with Crippen molar-refractivity contribution in [2.24, 2.45) is 0 Å². The number of ketones is 1. The van der Waals surface area contributed by atoms with Gasteiger partial charge in [0.05, 0.1) is 21.4 Å². The normalized spacial score (nSPS) is 11.1. The number of thiophene rings is 1. The van der Waals surface area contributed by atoms with Crippen LogP contribution in [0.3, 0.4) is 0 Å². The van der Waals surface area contributed by atoms with E-state index in [9.17, 15) is 4.79 Å². The third kappa shape index (κ3) is 3.42. The fraction of sp³-hybridized carbons (Fsp3) is 0. The van der Waals surface area contributed by atoms with E-state index in [0.717, 1.165) is 16.6 Å². The lowest BCUT2D eigenvalue weighted by Gasteiger charge is -2.02. The summed E-state index contributed by atoms with van der Waals surface area (Å²) in [4.78, 5) is 18.7. The van der Waals surface area contributed by atoms with E-state index in [1.54, 1.807) is 18.2 Å². The fourth-order valence-electron chi connectivity index (χ4n) is 2.72. The van der Waals surface area contributed by atoms with Gasteiger partial charge in [-0.15, -0.1) is 11.3 Å². The van der Waals surface area contributed by atoms with Crippen LogP contribution in [0.2, 0.25) is 15.1 Å². The molecule has 0 saturated carbocycles. The molecule has 0 fully saturated rings. The van der Waals surface area contributed by atoms with Crippen molar-refractivity contribution in [3.05, 3.63) is 80.1 Å². The first-order valence-electron chi connectivity index (χ1n) is 7.89. The Morgan fingerprint density at radius 3 is 2.37 bits per heavy atom. The number of pyridine rings is 1. The SMILES string of the molecule is Nc1c(C(=O)c2ccc(Cl)c(Cl)c2)sc2nc(-c3ccc(Cl)cc3)ccc12. The van der Waals surface area contributed by atoms with Gasteiger partial charge in [-0.05, 0) is 42.5 Å². The van der Waals surface area contributed by atoms with Crippen molar-refractivity contribution in [2.45, 2.75) is 0 Å². The van der Waals surface area contributed by atoms with Crippen molar-refractivity contribution in [1.82, 2.24) is 4.98 Å². The monoisotopic (exact) mass is 432 g/mol. The summed E-state index contributed by atoms with van der Waals surface area (Å²) in [5.41, 5.74) is 8.80. The lowest BCUT2D eigenvalue weighted by molar-refractivity contribution is 0.104. The summed E-state index contributed by atoms with van der Waals surface area (Å²) in [5.74, 6) is -0.206. The van der Waals surface area contributed by atoms with E-state index in [1.165, 1.54) is 11.3 Å². The predicted octanol–water partition coefficient (Wildman–Crippen LogP) is 6.74.